The zero-order valence-corrected chi connectivity index (χ0v) is 29.2. The number of ether oxygens (including phenoxy) is 2. The van der Waals surface area contributed by atoms with Gasteiger partial charge in [-0.1, -0.05) is 49.2 Å². The molecule has 0 spiro atoms. The van der Waals surface area contributed by atoms with E-state index in [9.17, 15) is 45.3 Å². The summed E-state index contributed by atoms with van der Waals surface area (Å²) in [7, 11) is 0. The van der Waals surface area contributed by atoms with Crippen molar-refractivity contribution in [3.63, 3.8) is 0 Å². The summed E-state index contributed by atoms with van der Waals surface area (Å²) in [5.41, 5.74) is 3.18. The summed E-state index contributed by atoms with van der Waals surface area (Å²) in [6.45, 7) is -0.702. The molecule has 14 heteroatoms. The Kier molecular flexibility index (Phi) is 10.5. The molecule has 7 rings (SSSR count). The fourth-order valence-electron chi connectivity index (χ4n) is 8.28. The standard InChI is InChI=1S/C40H43N3O11/c44-20-32-35(48)36(49)37(50)39(54-32)53-31-17-28-26(16-30(31)46)27(18-40(12-4-5-13-40)24-6-2-1-3-7-24)34(38(51)52)43(28)33(47)11-9-22-8-10-29(45)23(14-22)15-25-19-41-21-42-25/h1-3,6-11,14,16-17,19,21,27,32,34-37,39,44-46,48-50H,4-5,12-13,15,18,20H2,(H,41,42)(H,51,52). The smallest absolute Gasteiger partial charge is 0.327 e. The van der Waals surface area contributed by atoms with Crippen LogP contribution in [0.5, 0.6) is 17.2 Å². The number of hydrogen-bond donors (Lipinski definition) is 8. The summed E-state index contributed by atoms with van der Waals surface area (Å²) >= 11 is 0. The van der Waals surface area contributed by atoms with Gasteiger partial charge in [-0.05, 0) is 65.6 Å². The number of aromatic amines is 1. The van der Waals surface area contributed by atoms with Gasteiger partial charge in [-0.15, -0.1) is 0 Å². The first-order chi connectivity index (χ1) is 26.0. The minimum atomic E-state index is -1.78. The van der Waals surface area contributed by atoms with Gasteiger partial charge < -0.3 is 50.2 Å². The van der Waals surface area contributed by atoms with E-state index in [0.29, 0.717) is 29.5 Å². The minimum Gasteiger partial charge on any atom is -0.508 e. The van der Waals surface area contributed by atoms with E-state index in [4.69, 9.17) is 9.47 Å². The number of amides is 1. The molecule has 7 atom stereocenters. The molecule has 4 aromatic rings. The molecular weight excluding hydrogens is 698 g/mol. The number of hydrogen-bond acceptors (Lipinski definition) is 11. The second-order valence-electron chi connectivity index (χ2n) is 14.3. The van der Waals surface area contributed by atoms with Crippen LogP contribution in [0.25, 0.3) is 6.08 Å². The monoisotopic (exact) mass is 741 g/mol. The zero-order valence-electron chi connectivity index (χ0n) is 29.2. The Balaban J connectivity index is 1.27. The highest BCUT2D eigenvalue weighted by molar-refractivity contribution is 6.10. The number of H-pyrrole nitrogens is 1. The van der Waals surface area contributed by atoms with Crippen molar-refractivity contribution in [2.45, 2.75) is 86.6 Å². The first-order valence-corrected chi connectivity index (χ1v) is 17.9. The fraction of sp³-hybridized carbons (Fsp3) is 0.375. The van der Waals surface area contributed by atoms with E-state index < -0.39 is 66.9 Å². The molecule has 8 N–H and O–H groups in total. The van der Waals surface area contributed by atoms with E-state index in [1.165, 1.54) is 36.7 Å². The summed E-state index contributed by atoms with van der Waals surface area (Å²) < 4.78 is 11.3. The van der Waals surface area contributed by atoms with Gasteiger partial charge in [0, 0.05) is 41.9 Å². The van der Waals surface area contributed by atoms with Gasteiger partial charge in [-0.2, -0.15) is 0 Å². The number of phenols is 2. The molecule has 54 heavy (non-hydrogen) atoms. The van der Waals surface area contributed by atoms with Crippen LogP contribution < -0.4 is 9.64 Å². The molecule has 1 amide bonds. The number of aromatic nitrogens is 2. The molecule has 284 valence electrons. The van der Waals surface area contributed by atoms with Gasteiger partial charge in [-0.3, -0.25) is 9.69 Å². The number of aliphatic carboxylic acids is 1. The molecule has 1 saturated carbocycles. The number of fused-ring (bicyclic) bond motifs is 1. The van der Waals surface area contributed by atoms with Crippen molar-refractivity contribution >= 4 is 23.6 Å². The van der Waals surface area contributed by atoms with Gasteiger partial charge in [-0.25, -0.2) is 9.78 Å². The number of rotatable bonds is 11. The molecule has 1 aromatic heterocycles. The van der Waals surface area contributed by atoms with Crippen LogP contribution >= 0.6 is 0 Å². The van der Waals surface area contributed by atoms with E-state index >= 15 is 0 Å². The number of nitrogens with zero attached hydrogens (tertiary/aromatic N) is 2. The number of carbonyl (C=O) groups is 2. The van der Waals surface area contributed by atoms with Gasteiger partial charge >= 0.3 is 5.97 Å². The van der Waals surface area contributed by atoms with Crippen LogP contribution in [0.4, 0.5) is 5.69 Å². The van der Waals surface area contributed by atoms with Gasteiger partial charge in [0.2, 0.25) is 6.29 Å². The number of aromatic hydroxyl groups is 2. The molecule has 2 aliphatic heterocycles. The lowest BCUT2D eigenvalue weighted by Gasteiger charge is -2.39. The van der Waals surface area contributed by atoms with Crippen LogP contribution in [0.2, 0.25) is 0 Å². The van der Waals surface area contributed by atoms with E-state index in [0.717, 1.165) is 41.8 Å². The number of anilines is 1. The maximum atomic E-state index is 14.3. The Morgan fingerprint density at radius 3 is 2.43 bits per heavy atom. The third-order valence-corrected chi connectivity index (χ3v) is 11.0. The number of aliphatic hydroxyl groups is 4. The van der Waals surface area contributed by atoms with Crippen LogP contribution in [0.15, 0.2) is 79.3 Å². The number of carboxylic acids is 1. The van der Waals surface area contributed by atoms with E-state index in [2.05, 4.69) is 9.97 Å². The quantitative estimate of drug-likeness (QED) is 0.104. The molecule has 1 saturated heterocycles. The van der Waals surface area contributed by atoms with Crippen LogP contribution in [0.3, 0.4) is 0 Å². The van der Waals surface area contributed by atoms with Crippen molar-refractivity contribution < 1.29 is 54.8 Å². The first kappa shape index (κ1) is 37.1. The summed E-state index contributed by atoms with van der Waals surface area (Å²) in [6.07, 6.45) is 2.09. The predicted octanol–water partition coefficient (Wildman–Crippen LogP) is 3.09. The number of carbonyl (C=O) groups excluding carboxylic acids is 1. The molecule has 3 aliphatic rings. The van der Waals surface area contributed by atoms with Crippen LogP contribution in [-0.2, 0) is 26.2 Å². The Morgan fingerprint density at radius 1 is 0.981 bits per heavy atom. The molecule has 1 aliphatic carbocycles. The van der Waals surface area contributed by atoms with Gasteiger partial charge in [0.15, 0.2) is 11.5 Å². The molecule has 3 aromatic carbocycles. The maximum Gasteiger partial charge on any atom is 0.327 e. The predicted molar refractivity (Wildman–Crippen MR) is 194 cm³/mol. The van der Waals surface area contributed by atoms with Crippen molar-refractivity contribution in [1.82, 2.24) is 9.97 Å². The average Bonchev–Trinajstić information content (AvgIpc) is 3.93. The van der Waals surface area contributed by atoms with Crippen molar-refractivity contribution in [2.75, 3.05) is 11.5 Å². The molecule has 14 nitrogen and oxygen atoms in total. The molecule has 7 unspecified atom stereocenters. The summed E-state index contributed by atoms with van der Waals surface area (Å²) in [5.74, 6) is -3.33. The summed E-state index contributed by atoms with van der Waals surface area (Å²) in [4.78, 5) is 35.8. The topological polar surface area (TPSA) is 226 Å². The number of carboxylic acid groups (broad SMARTS) is 1. The average molecular weight is 742 g/mol. The third kappa shape index (κ3) is 7.06. The van der Waals surface area contributed by atoms with Crippen LogP contribution in [0, 0.1) is 0 Å². The number of phenolic OH excluding ortho intramolecular Hbond substituents is 2. The normalized spacial score (nSPS) is 26.2. The van der Waals surface area contributed by atoms with Crippen LogP contribution in [0.1, 0.15) is 66.0 Å². The van der Waals surface area contributed by atoms with Crippen molar-refractivity contribution in [1.29, 1.82) is 0 Å². The number of benzene rings is 3. The summed E-state index contributed by atoms with van der Waals surface area (Å²) in [6, 6.07) is 16.0. The number of nitrogens with one attached hydrogen (secondary N) is 1. The first-order valence-electron chi connectivity index (χ1n) is 17.9. The van der Waals surface area contributed by atoms with E-state index in [1.807, 2.05) is 30.3 Å². The fourth-order valence-corrected chi connectivity index (χ4v) is 8.28. The van der Waals surface area contributed by atoms with E-state index in [1.54, 1.807) is 18.3 Å². The second kappa shape index (κ2) is 15.2. The Labute approximate surface area is 310 Å². The lowest BCUT2D eigenvalue weighted by molar-refractivity contribution is -0.277. The molecular formula is C40H43N3O11. The third-order valence-electron chi connectivity index (χ3n) is 11.0. The Hall–Kier alpha value is -5.25. The van der Waals surface area contributed by atoms with Gasteiger partial charge in [0.1, 0.15) is 36.2 Å². The molecule has 0 radical (unpaired) electrons. The number of imidazole rings is 1. The highest BCUT2D eigenvalue weighted by Crippen LogP contribution is 2.54. The SMILES string of the molecule is O=C(O)C1C(CC2(c3ccccc3)CCCC2)c2cc(O)c(OC3OC(CO)C(O)C(O)C3O)cc2N1C(=O)C=Cc1ccc(O)c(Cc2cnc[nH]2)c1. The highest BCUT2D eigenvalue weighted by atomic mass is 16.7. The van der Waals surface area contributed by atoms with Crippen molar-refractivity contribution in [2.24, 2.45) is 0 Å². The zero-order chi connectivity index (χ0) is 38.1. The molecule has 2 fully saturated rings. The highest BCUT2D eigenvalue weighted by Gasteiger charge is 2.51. The van der Waals surface area contributed by atoms with Crippen LogP contribution in [-0.4, -0.2) is 101 Å². The Morgan fingerprint density at radius 2 is 1.74 bits per heavy atom. The maximum absolute atomic E-state index is 14.3. The lowest BCUT2D eigenvalue weighted by atomic mass is 9.70. The second-order valence-corrected chi connectivity index (χ2v) is 14.3. The number of aliphatic hydroxyl groups excluding tert-OH is 4. The summed E-state index contributed by atoms with van der Waals surface area (Å²) in [5, 5.41) is 73.6. The van der Waals surface area contributed by atoms with Crippen molar-refractivity contribution in [3.8, 4) is 17.2 Å². The van der Waals surface area contributed by atoms with Gasteiger partial charge in [0.25, 0.3) is 5.91 Å². The minimum absolute atomic E-state index is 0.0568. The Bertz CT molecular complexity index is 2000. The lowest BCUT2D eigenvalue weighted by Crippen LogP contribution is -2.60. The van der Waals surface area contributed by atoms with Gasteiger partial charge in [0.05, 0.1) is 18.6 Å². The molecule has 3 heterocycles. The van der Waals surface area contributed by atoms with Crippen molar-refractivity contribution in [3.05, 3.63) is 107 Å². The largest absolute Gasteiger partial charge is 0.508 e. The van der Waals surface area contributed by atoms with E-state index in [-0.39, 0.29) is 22.6 Å². The molecule has 0 bridgehead atoms.